The van der Waals surface area contributed by atoms with Crippen molar-refractivity contribution in [3.05, 3.63) is 12.2 Å². The van der Waals surface area contributed by atoms with Crippen LogP contribution in [0.1, 0.15) is 26.2 Å². The number of hydrogen-bond acceptors (Lipinski definition) is 2. The van der Waals surface area contributed by atoms with E-state index in [0.717, 1.165) is 19.3 Å². The Morgan fingerprint density at radius 1 is 1.58 bits per heavy atom. The van der Waals surface area contributed by atoms with Crippen molar-refractivity contribution < 1.29 is 9.53 Å². The number of unbranched alkanes of at least 4 members (excludes halogenated alkanes) is 2. The first-order chi connectivity index (χ1) is 5.81. The SMILES string of the molecule is CCCCC#C/C=C/C(=O)OC. The fourth-order valence-corrected chi connectivity index (χ4v) is 0.574. The maximum Gasteiger partial charge on any atom is 0.331 e. The van der Waals surface area contributed by atoms with Crippen LogP contribution in [0.2, 0.25) is 0 Å². The third-order valence-electron chi connectivity index (χ3n) is 1.26. The minimum absolute atomic E-state index is 0.361. The Balaban J connectivity index is 3.55. The van der Waals surface area contributed by atoms with Crippen molar-refractivity contribution in [1.29, 1.82) is 0 Å². The van der Waals surface area contributed by atoms with E-state index in [2.05, 4.69) is 23.5 Å². The van der Waals surface area contributed by atoms with Crippen LogP contribution >= 0.6 is 0 Å². The van der Waals surface area contributed by atoms with E-state index in [1.807, 2.05) is 0 Å². The van der Waals surface area contributed by atoms with E-state index in [1.165, 1.54) is 19.3 Å². The van der Waals surface area contributed by atoms with Gasteiger partial charge in [-0.15, -0.1) is 0 Å². The Hall–Kier alpha value is -1.23. The zero-order valence-corrected chi connectivity index (χ0v) is 7.59. The highest BCUT2D eigenvalue weighted by Crippen LogP contribution is 1.90. The Kier molecular flexibility index (Phi) is 7.07. The summed E-state index contributed by atoms with van der Waals surface area (Å²) >= 11 is 0. The van der Waals surface area contributed by atoms with Gasteiger partial charge >= 0.3 is 5.97 Å². The molecule has 0 atom stereocenters. The molecule has 0 heterocycles. The zero-order valence-electron chi connectivity index (χ0n) is 7.59. The molecule has 0 unspecified atom stereocenters. The summed E-state index contributed by atoms with van der Waals surface area (Å²) in [6.07, 6.45) is 5.98. The maximum atomic E-state index is 10.5. The van der Waals surface area contributed by atoms with E-state index in [0.29, 0.717) is 0 Å². The quantitative estimate of drug-likeness (QED) is 0.277. The first-order valence-electron chi connectivity index (χ1n) is 4.04. The van der Waals surface area contributed by atoms with Crippen molar-refractivity contribution in [2.45, 2.75) is 26.2 Å². The minimum atomic E-state index is -0.361. The second-order valence-electron chi connectivity index (χ2n) is 2.28. The number of hydrogen-bond donors (Lipinski definition) is 0. The van der Waals surface area contributed by atoms with Gasteiger partial charge in [0.25, 0.3) is 0 Å². The van der Waals surface area contributed by atoms with Gasteiger partial charge in [0.2, 0.25) is 0 Å². The van der Waals surface area contributed by atoms with E-state index < -0.39 is 0 Å². The summed E-state index contributed by atoms with van der Waals surface area (Å²) in [5.74, 6) is 5.31. The fraction of sp³-hybridized carbons (Fsp3) is 0.500. The molecule has 0 aromatic carbocycles. The van der Waals surface area contributed by atoms with Gasteiger partial charge in [-0.1, -0.05) is 25.2 Å². The van der Waals surface area contributed by atoms with E-state index >= 15 is 0 Å². The minimum Gasteiger partial charge on any atom is -0.466 e. The van der Waals surface area contributed by atoms with Crippen LogP contribution in [0.15, 0.2) is 12.2 Å². The van der Waals surface area contributed by atoms with Crippen LogP contribution in [0.5, 0.6) is 0 Å². The highest BCUT2D eigenvalue weighted by Gasteiger charge is 1.86. The molecule has 0 saturated heterocycles. The molecule has 2 nitrogen and oxygen atoms in total. The highest BCUT2D eigenvalue weighted by atomic mass is 16.5. The number of rotatable bonds is 3. The predicted octanol–water partition coefficient (Wildman–Crippen LogP) is 1.91. The lowest BCUT2D eigenvalue weighted by Crippen LogP contribution is -1.92. The molecular formula is C10H14O2. The smallest absolute Gasteiger partial charge is 0.331 e. The molecule has 0 bridgehead atoms. The Labute approximate surface area is 73.6 Å². The average Bonchev–Trinajstić information content (AvgIpc) is 2.10. The molecule has 0 radical (unpaired) electrons. The van der Waals surface area contributed by atoms with Gasteiger partial charge in [0.05, 0.1) is 7.11 Å². The zero-order chi connectivity index (χ0) is 9.23. The summed E-state index contributed by atoms with van der Waals surface area (Å²) in [6.45, 7) is 2.12. The van der Waals surface area contributed by atoms with Crippen LogP contribution in [0.25, 0.3) is 0 Å². The molecule has 0 rings (SSSR count). The van der Waals surface area contributed by atoms with Crippen molar-refractivity contribution >= 4 is 5.97 Å². The number of carbonyl (C=O) groups is 1. The van der Waals surface area contributed by atoms with E-state index in [9.17, 15) is 4.79 Å². The van der Waals surface area contributed by atoms with Crippen LogP contribution in [-0.2, 0) is 9.53 Å². The van der Waals surface area contributed by atoms with Crippen LogP contribution in [-0.4, -0.2) is 13.1 Å². The summed E-state index contributed by atoms with van der Waals surface area (Å²) in [5, 5.41) is 0. The predicted molar refractivity (Wildman–Crippen MR) is 48.5 cm³/mol. The van der Waals surface area contributed by atoms with Crippen LogP contribution in [0.4, 0.5) is 0 Å². The van der Waals surface area contributed by atoms with E-state index in [1.54, 1.807) is 0 Å². The Bertz CT molecular complexity index is 206. The summed E-state index contributed by atoms with van der Waals surface area (Å²) in [5.41, 5.74) is 0. The number of methoxy groups -OCH3 is 1. The molecule has 0 aliphatic heterocycles. The number of carbonyl (C=O) groups excluding carboxylic acids is 1. The average molecular weight is 166 g/mol. The van der Waals surface area contributed by atoms with Crippen molar-refractivity contribution in [1.82, 2.24) is 0 Å². The number of esters is 1. The molecule has 2 heteroatoms. The van der Waals surface area contributed by atoms with Crippen molar-refractivity contribution in [3.8, 4) is 11.8 Å². The molecule has 0 saturated carbocycles. The van der Waals surface area contributed by atoms with Gasteiger partial charge in [0.1, 0.15) is 0 Å². The van der Waals surface area contributed by atoms with Crippen molar-refractivity contribution in [2.24, 2.45) is 0 Å². The fourth-order valence-electron chi connectivity index (χ4n) is 0.574. The van der Waals surface area contributed by atoms with Crippen LogP contribution in [0, 0.1) is 11.8 Å². The standard InChI is InChI=1S/C10H14O2/c1-3-4-5-6-7-8-9-10(11)12-2/h8-9H,3-5H2,1-2H3/b9-8+. The molecule has 0 spiro atoms. The lowest BCUT2D eigenvalue weighted by Gasteiger charge is -1.85. The van der Waals surface area contributed by atoms with Gasteiger partial charge in [-0.2, -0.15) is 0 Å². The summed E-state index contributed by atoms with van der Waals surface area (Å²) in [7, 11) is 1.34. The molecular weight excluding hydrogens is 152 g/mol. The molecule has 0 aliphatic rings. The van der Waals surface area contributed by atoms with E-state index in [4.69, 9.17) is 0 Å². The normalized spacial score (nSPS) is 9.17. The van der Waals surface area contributed by atoms with Gasteiger partial charge in [0.15, 0.2) is 0 Å². The molecule has 0 aromatic rings. The molecule has 0 fully saturated rings. The third-order valence-corrected chi connectivity index (χ3v) is 1.26. The monoisotopic (exact) mass is 166 g/mol. The lowest BCUT2D eigenvalue weighted by atomic mass is 10.2. The van der Waals surface area contributed by atoms with E-state index in [-0.39, 0.29) is 5.97 Å². The largest absolute Gasteiger partial charge is 0.466 e. The first kappa shape index (κ1) is 10.8. The lowest BCUT2D eigenvalue weighted by molar-refractivity contribution is -0.134. The molecule has 0 aliphatic carbocycles. The van der Waals surface area contributed by atoms with Gasteiger partial charge in [0, 0.05) is 12.5 Å². The molecule has 0 N–H and O–H groups in total. The topological polar surface area (TPSA) is 26.3 Å². The summed E-state index contributed by atoms with van der Waals surface area (Å²) < 4.78 is 4.38. The second-order valence-corrected chi connectivity index (χ2v) is 2.28. The van der Waals surface area contributed by atoms with Gasteiger partial charge in [-0.3, -0.25) is 0 Å². The number of allylic oxidation sites excluding steroid dienone is 1. The summed E-state index contributed by atoms with van der Waals surface area (Å²) in [4.78, 5) is 10.5. The third kappa shape index (κ3) is 6.88. The summed E-state index contributed by atoms with van der Waals surface area (Å²) in [6, 6.07) is 0. The second kappa shape index (κ2) is 7.87. The van der Waals surface area contributed by atoms with Gasteiger partial charge in [-0.05, 0) is 12.5 Å². The Morgan fingerprint density at radius 3 is 2.92 bits per heavy atom. The molecule has 12 heavy (non-hydrogen) atoms. The maximum absolute atomic E-state index is 10.5. The van der Waals surface area contributed by atoms with Gasteiger partial charge < -0.3 is 4.74 Å². The Morgan fingerprint density at radius 2 is 2.33 bits per heavy atom. The van der Waals surface area contributed by atoms with Gasteiger partial charge in [-0.25, -0.2) is 4.79 Å². The highest BCUT2D eigenvalue weighted by molar-refractivity contribution is 5.82. The van der Waals surface area contributed by atoms with Crippen LogP contribution < -0.4 is 0 Å². The molecule has 0 aromatic heterocycles. The van der Waals surface area contributed by atoms with Crippen molar-refractivity contribution in [3.63, 3.8) is 0 Å². The number of ether oxygens (including phenoxy) is 1. The van der Waals surface area contributed by atoms with Crippen molar-refractivity contribution in [2.75, 3.05) is 7.11 Å². The molecule has 0 amide bonds. The first-order valence-corrected chi connectivity index (χ1v) is 4.04. The van der Waals surface area contributed by atoms with Crippen LogP contribution in [0.3, 0.4) is 0 Å². The molecule has 66 valence electrons.